The molecule has 1 heterocycles. The largest absolute Gasteiger partial charge is 0.330 e. The Kier molecular flexibility index (Phi) is 2.70. The van der Waals surface area contributed by atoms with E-state index in [0.717, 1.165) is 30.3 Å². The van der Waals surface area contributed by atoms with Gasteiger partial charge in [-0.1, -0.05) is 17.7 Å². The van der Waals surface area contributed by atoms with Crippen LogP contribution in [-0.2, 0) is 6.42 Å². The third kappa shape index (κ3) is 1.74. The van der Waals surface area contributed by atoms with Crippen LogP contribution in [0.15, 0.2) is 18.2 Å². The van der Waals surface area contributed by atoms with Crippen LogP contribution in [0, 0.1) is 0 Å². The maximum Gasteiger partial charge on any atom is 0.132 e. The Morgan fingerprint density at radius 2 is 2.29 bits per heavy atom. The molecular formula is C10H12ClN3. The normalized spacial score (nSPS) is 11.0. The average Bonchev–Trinajstić information content (AvgIpc) is 2.57. The molecule has 0 aliphatic heterocycles. The maximum atomic E-state index is 5.94. The summed E-state index contributed by atoms with van der Waals surface area (Å²) in [5.74, 6) is 0. The summed E-state index contributed by atoms with van der Waals surface area (Å²) < 4.78 is 0. The van der Waals surface area contributed by atoms with Gasteiger partial charge in [-0.2, -0.15) is 5.10 Å². The first-order chi connectivity index (χ1) is 6.81. The molecule has 74 valence electrons. The van der Waals surface area contributed by atoms with Crippen LogP contribution < -0.4 is 5.73 Å². The quantitative estimate of drug-likeness (QED) is 0.814. The molecule has 0 fully saturated rings. The SMILES string of the molecule is NCCCc1ccc2n[nH]c(Cl)c2c1. The van der Waals surface area contributed by atoms with E-state index in [2.05, 4.69) is 22.3 Å². The summed E-state index contributed by atoms with van der Waals surface area (Å²) in [6, 6.07) is 6.11. The molecule has 0 saturated heterocycles. The van der Waals surface area contributed by atoms with E-state index in [4.69, 9.17) is 17.3 Å². The van der Waals surface area contributed by atoms with E-state index in [9.17, 15) is 0 Å². The monoisotopic (exact) mass is 209 g/mol. The zero-order valence-corrected chi connectivity index (χ0v) is 8.51. The second kappa shape index (κ2) is 3.98. The Bertz CT molecular complexity index is 436. The number of rotatable bonds is 3. The average molecular weight is 210 g/mol. The summed E-state index contributed by atoms with van der Waals surface area (Å²) in [4.78, 5) is 0. The van der Waals surface area contributed by atoms with E-state index >= 15 is 0 Å². The lowest BCUT2D eigenvalue weighted by molar-refractivity contribution is 0.833. The molecule has 0 aliphatic carbocycles. The first-order valence-electron chi connectivity index (χ1n) is 4.64. The smallest absolute Gasteiger partial charge is 0.132 e. The van der Waals surface area contributed by atoms with Gasteiger partial charge in [-0.05, 0) is 37.1 Å². The van der Waals surface area contributed by atoms with Crippen molar-refractivity contribution in [3.8, 4) is 0 Å². The molecule has 14 heavy (non-hydrogen) atoms. The lowest BCUT2D eigenvalue weighted by Gasteiger charge is -1.99. The van der Waals surface area contributed by atoms with Crippen LogP contribution in [0.25, 0.3) is 10.9 Å². The molecule has 0 unspecified atom stereocenters. The number of hydrogen-bond acceptors (Lipinski definition) is 2. The predicted molar refractivity (Wildman–Crippen MR) is 58.5 cm³/mol. The van der Waals surface area contributed by atoms with Gasteiger partial charge in [-0.15, -0.1) is 0 Å². The number of nitrogens with two attached hydrogens (primary N) is 1. The topological polar surface area (TPSA) is 54.7 Å². The van der Waals surface area contributed by atoms with Gasteiger partial charge in [-0.3, -0.25) is 5.10 Å². The van der Waals surface area contributed by atoms with Crippen molar-refractivity contribution in [2.24, 2.45) is 5.73 Å². The van der Waals surface area contributed by atoms with Gasteiger partial charge in [0.1, 0.15) is 5.15 Å². The summed E-state index contributed by atoms with van der Waals surface area (Å²) in [7, 11) is 0. The van der Waals surface area contributed by atoms with E-state index in [1.54, 1.807) is 0 Å². The van der Waals surface area contributed by atoms with Gasteiger partial charge in [0.15, 0.2) is 0 Å². The van der Waals surface area contributed by atoms with Crippen molar-refractivity contribution < 1.29 is 0 Å². The summed E-state index contributed by atoms with van der Waals surface area (Å²) in [6.45, 7) is 0.719. The first kappa shape index (κ1) is 9.49. The van der Waals surface area contributed by atoms with Crippen molar-refractivity contribution in [1.29, 1.82) is 0 Å². The highest BCUT2D eigenvalue weighted by molar-refractivity contribution is 6.34. The van der Waals surface area contributed by atoms with Gasteiger partial charge in [0.25, 0.3) is 0 Å². The molecule has 0 aliphatic rings. The van der Waals surface area contributed by atoms with Crippen LogP contribution in [0.3, 0.4) is 0 Å². The summed E-state index contributed by atoms with van der Waals surface area (Å²) in [6.07, 6.45) is 1.99. The highest BCUT2D eigenvalue weighted by atomic mass is 35.5. The van der Waals surface area contributed by atoms with Crippen molar-refractivity contribution in [2.75, 3.05) is 6.54 Å². The summed E-state index contributed by atoms with van der Waals surface area (Å²) >= 11 is 5.94. The number of nitrogens with one attached hydrogen (secondary N) is 1. The molecule has 0 bridgehead atoms. The van der Waals surface area contributed by atoms with E-state index in [1.165, 1.54) is 5.56 Å². The van der Waals surface area contributed by atoms with Crippen LogP contribution in [0.1, 0.15) is 12.0 Å². The lowest BCUT2D eigenvalue weighted by Crippen LogP contribution is -2.00. The number of nitrogens with zero attached hydrogens (tertiary/aromatic N) is 1. The number of H-pyrrole nitrogens is 1. The second-order valence-corrected chi connectivity index (χ2v) is 3.66. The van der Waals surface area contributed by atoms with Crippen molar-refractivity contribution in [1.82, 2.24) is 10.2 Å². The third-order valence-electron chi connectivity index (χ3n) is 2.24. The Hall–Kier alpha value is -1.06. The summed E-state index contributed by atoms with van der Waals surface area (Å²) in [5.41, 5.74) is 7.62. The minimum Gasteiger partial charge on any atom is -0.330 e. The van der Waals surface area contributed by atoms with E-state index in [0.29, 0.717) is 5.15 Å². The minimum absolute atomic E-state index is 0.606. The molecular weight excluding hydrogens is 198 g/mol. The van der Waals surface area contributed by atoms with E-state index in [1.807, 2.05) is 6.07 Å². The molecule has 2 rings (SSSR count). The van der Waals surface area contributed by atoms with Gasteiger partial charge in [0, 0.05) is 5.39 Å². The fraction of sp³-hybridized carbons (Fsp3) is 0.300. The Morgan fingerprint density at radius 1 is 1.43 bits per heavy atom. The molecule has 4 heteroatoms. The fourth-order valence-corrected chi connectivity index (χ4v) is 1.68. The molecule has 0 amide bonds. The molecule has 2 aromatic rings. The number of aromatic nitrogens is 2. The number of halogens is 1. The van der Waals surface area contributed by atoms with Crippen LogP contribution in [0.4, 0.5) is 0 Å². The predicted octanol–water partition coefficient (Wildman–Crippen LogP) is 2.11. The molecule has 0 radical (unpaired) electrons. The van der Waals surface area contributed by atoms with Crippen LogP contribution in [-0.4, -0.2) is 16.7 Å². The number of aromatic amines is 1. The van der Waals surface area contributed by atoms with Gasteiger partial charge in [-0.25, -0.2) is 0 Å². The van der Waals surface area contributed by atoms with Gasteiger partial charge >= 0.3 is 0 Å². The Labute approximate surface area is 87.2 Å². The van der Waals surface area contributed by atoms with Crippen LogP contribution >= 0.6 is 11.6 Å². The molecule has 3 nitrogen and oxygen atoms in total. The number of aryl methyl sites for hydroxylation is 1. The molecule has 0 spiro atoms. The van der Waals surface area contributed by atoms with Crippen LogP contribution in [0.2, 0.25) is 5.15 Å². The van der Waals surface area contributed by atoms with Gasteiger partial charge in [0.05, 0.1) is 5.52 Å². The number of hydrogen-bond donors (Lipinski definition) is 2. The van der Waals surface area contributed by atoms with Crippen molar-refractivity contribution in [2.45, 2.75) is 12.8 Å². The van der Waals surface area contributed by atoms with Crippen LogP contribution in [0.5, 0.6) is 0 Å². The van der Waals surface area contributed by atoms with Crippen molar-refractivity contribution >= 4 is 22.5 Å². The highest BCUT2D eigenvalue weighted by Crippen LogP contribution is 2.21. The van der Waals surface area contributed by atoms with Gasteiger partial charge < -0.3 is 5.73 Å². The molecule has 3 N–H and O–H groups in total. The van der Waals surface area contributed by atoms with Gasteiger partial charge in [0.2, 0.25) is 0 Å². The molecule has 0 atom stereocenters. The molecule has 1 aromatic heterocycles. The number of benzene rings is 1. The highest BCUT2D eigenvalue weighted by Gasteiger charge is 2.03. The maximum absolute atomic E-state index is 5.94. The fourth-order valence-electron chi connectivity index (χ4n) is 1.49. The molecule has 1 aromatic carbocycles. The summed E-state index contributed by atoms with van der Waals surface area (Å²) in [5, 5.41) is 8.40. The third-order valence-corrected chi connectivity index (χ3v) is 2.53. The Balaban J connectivity index is 2.34. The number of fused-ring (bicyclic) bond motifs is 1. The first-order valence-corrected chi connectivity index (χ1v) is 5.01. The van der Waals surface area contributed by atoms with E-state index in [-0.39, 0.29) is 0 Å². The second-order valence-electron chi connectivity index (χ2n) is 3.28. The van der Waals surface area contributed by atoms with Crippen molar-refractivity contribution in [3.63, 3.8) is 0 Å². The van der Waals surface area contributed by atoms with Crippen molar-refractivity contribution in [3.05, 3.63) is 28.9 Å². The Morgan fingerprint density at radius 3 is 3.07 bits per heavy atom. The zero-order valence-electron chi connectivity index (χ0n) is 7.76. The lowest BCUT2D eigenvalue weighted by atomic mass is 10.1. The minimum atomic E-state index is 0.606. The standard InChI is InChI=1S/C10H12ClN3/c11-10-8-6-7(2-1-5-12)3-4-9(8)13-14-10/h3-4,6H,1-2,5,12H2,(H,13,14). The zero-order chi connectivity index (χ0) is 9.97. The molecule has 0 saturated carbocycles. The van der Waals surface area contributed by atoms with E-state index < -0.39 is 0 Å².